The van der Waals surface area contributed by atoms with Gasteiger partial charge in [0.1, 0.15) is 11.5 Å². The molecule has 2 aromatic rings. The van der Waals surface area contributed by atoms with Crippen LogP contribution in [0.4, 0.5) is 0 Å². The van der Waals surface area contributed by atoms with Crippen LogP contribution < -0.4 is 0 Å². The molecule has 0 saturated carbocycles. The molecule has 2 N–H and O–H groups in total. The van der Waals surface area contributed by atoms with Gasteiger partial charge < -0.3 is 10.1 Å². The number of imidazole rings is 1. The second-order valence-corrected chi connectivity index (χ2v) is 2.69. The molecule has 2 aromatic heterocycles. The van der Waals surface area contributed by atoms with E-state index in [-0.39, 0.29) is 30.5 Å². The van der Waals surface area contributed by atoms with E-state index in [4.69, 9.17) is 5.11 Å². The molecule has 86 valence electrons. The van der Waals surface area contributed by atoms with E-state index < -0.39 is 5.97 Å². The van der Waals surface area contributed by atoms with Crippen LogP contribution in [0.5, 0.6) is 0 Å². The summed E-state index contributed by atoms with van der Waals surface area (Å²) in [7, 11) is 0. The van der Waals surface area contributed by atoms with E-state index in [2.05, 4.69) is 15.0 Å². The second kappa shape index (κ2) is 6.09. The molecule has 0 saturated heterocycles. The first-order chi connectivity index (χ1) is 6.77. The number of pyridine rings is 1. The molecule has 0 atom stereocenters. The minimum absolute atomic E-state index is 0. The van der Waals surface area contributed by atoms with Crippen LogP contribution in [-0.4, -0.2) is 26.0 Å². The molecule has 16 heavy (non-hydrogen) atoms. The fraction of sp³-hybridized carbons (Fsp3) is 0. The molecule has 0 fully saturated rings. The van der Waals surface area contributed by atoms with E-state index in [1.165, 1.54) is 6.20 Å². The summed E-state index contributed by atoms with van der Waals surface area (Å²) in [5.41, 5.74) is 0.893. The fourth-order valence-electron chi connectivity index (χ4n) is 1.09. The Morgan fingerprint density at radius 3 is 2.38 bits per heavy atom. The first-order valence-corrected chi connectivity index (χ1v) is 3.96. The molecule has 5 nitrogen and oxygen atoms in total. The van der Waals surface area contributed by atoms with Gasteiger partial charge in [0.05, 0.1) is 6.20 Å². The average molecular weight is 262 g/mol. The smallest absolute Gasteiger partial charge is 0.353 e. The summed E-state index contributed by atoms with van der Waals surface area (Å²) in [6.07, 6.45) is 4.54. The van der Waals surface area contributed by atoms with Crippen molar-refractivity contribution in [1.29, 1.82) is 0 Å². The van der Waals surface area contributed by atoms with E-state index in [0.717, 1.165) is 5.56 Å². The van der Waals surface area contributed by atoms with Gasteiger partial charge in [-0.25, -0.2) is 9.78 Å². The number of nitrogens with zero attached hydrogens (tertiary/aromatic N) is 2. The summed E-state index contributed by atoms with van der Waals surface area (Å²) >= 11 is 0. The SMILES string of the molecule is Cl.Cl.O=C(O)c1cnc(-c2ccncc2)[nH]1. The molecule has 0 aliphatic carbocycles. The van der Waals surface area contributed by atoms with Gasteiger partial charge in [0.15, 0.2) is 0 Å². The molecule has 0 spiro atoms. The molecule has 0 unspecified atom stereocenters. The zero-order chi connectivity index (χ0) is 9.97. The van der Waals surface area contributed by atoms with Crippen LogP contribution in [0.3, 0.4) is 0 Å². The molecule has 7 heteroatoms. The molecular formula is C9H9Cl2N3O2. The zero-order valence-corrected chi connectivity index (χ0v) is 9.59. The van der Waals surface area contributed by atoms with Crippen molar-refractivity contribution in [2.75, 3.05) is 0 Å². The third-order valence-electron chi connectivity index (χ3n) is 1.76. The Kier molecular flexibility index (Phi) is 5.49. The van der Waals surface area contributed by atoms with Crippen LogP contribution >= 0.6 is 24.8 Å². The quantitative estimate of drug-likeness (QED) is 0.867. The number of aromatic carboxylic acids is 1. The summed E-state index contributed by atoms with van der Waals surface area (Å²) < 4.78 is 0. The number of rotatable bonds is 2. The van der Waals surface area contributed by atoms with E-state index in [9.17, 15) is 4.79 Å². The van der Waals surface area contributed by atoms with E-state index in [1.54, 1.807) is 24.5 Å². The first-order valence-electron chi connectivity index (χ1n) is 3.96. The van der Waals surface area contributed by atoms with Crippen molar-refractivity contribution in [3.8, 4) is 11.4 Å². The zero-order valence-electron chi connectivity index (χ0n) is 7.95. The average Bonchev–Trinajstić information content (AvgIpc) is 2.68. The van der Waals surface area contributed by atoms with Crippen molar-refractivity contribution >= 4 is 30.8 Å². The highest BCUT2D eigenvalue weighted by Crippen LogP contribution is 2.13. The van der Waals surface area contributed by atoms with Gasteiger partial charge in [-0.05, 0) is 12.1 Å². The molecule has 2 rings (SSSR count). The fourth-order valence-corrected chi connectivity index (χ4v) is 1.09. The van der Waals surface area contributed by atoms with E-state index in [0.29, 0.717) is 5.82 Å². The number of hydrogen-bond acceptors (Lipinski definition) is 3. The number of halogens is 2. The summed E-state index contributed by atoms with van der Waals surface area (Å²) in [5, 5.41) is 8.66. The highest BCUT2D eigenvalue weighted by atomic mass is 35.5. The molecule has 0 amide bonds. The van der Waals surface area contributed by atoms with Crippen molar-refractivity contribution in [1.82, 2.24) is 15.0 Å². The number of nitrogens with one attached hydrogen (secondary N) is 1. The summed E-state index contributed by atoms with van der Waals surface area (Å²) in [4.78, 5) is 21.1. The van der Waals surface area contributed by atoms with Gasteiger partial charge in [-0.3, -0.25) is 4.98 Å². The third kappa shape index (κ3) is 2.95. The van der Waals surface area contributed by atoms with Crippen LogP contribution in [0.25, 0.3) is 11.4 Å². The normalized spacial score (nSPS) is 8.75. The Balaban J connectivity index is 0.00000112. The monoisotopic (exact) mass is 261 g/mol. The highest BCUT2D eigenvalue weighted by molar-refractivity contribution is 5.86. The number of carboxylic acids is 1. The van der Waals surface area contributed by atoms with E-state index >= 15 is 0 Å². The van der Waals surface area contributed by atoms with Crippen molar-refractivity contribution in [2.45, 2.75) is 0 Å². The summed E-state index contributed by atoms with van der Waals surface area (Å²) in [6.45, 7) is 0. The number of aromatic nitrogens is 3. The minimum atomic E-state index is -1.02. The molecule has 0 aliphatic heterocycles. The number of carbonyl (C=O) groups is 1. The van der Waals surface area contributed by atoms with Gasteiger partial charge in [0.25, 0.3) is 0 Å². The minimum Gasteiger partial charge on any atom is -0.477 e. The summed E-state index contributed by atoms with van der Waals surface area (Å²) in [5.74, 6) is -0.484. The van der Waals surface area contributed by atoms with Gasteiger partial charge in [0.2, 0.25) is 0 Å². The largest absolute Gasteiger partial charge is 0.477 e. The van der Waals surface area contributed by atoms with Crippen LogP contribution in [-0.2, 0) is 0 Å². The highest BCUT2D eigenvalue weighted by Gasteiger charge is 2.07. The van der Waals surface area contributed by atoms with Crippen molar-refractivity contribution < 1.29 is 9.90 Å². The second-order valence-electron chi connectivity index (χ2n) is 2.69. The van der Waals surface area contributed by atoms with Crippen LogP contribution in [0.15, 0.2) is 30.7 Å². The van der Waals surface area contributed by atoms with Gasteiger partial charge >= 0.3 is 5.97 Å². The molecule has 0 aromatic carbocycles. The lowest BCUT2D eigenvalue weighted by Gasteiger charge is -1.93. The maximum atomic E-state index is 10.6. The van der Waals surface area contributed by atoms with Crippen molar-refractivity contribution in [2.24, 2.45) is 0 Å². The number of aromatic amines is 1. The van der Waals surface area contributed by atoms with Crippen molar-refractivity contribution in [3.63, 3.8) is 0 Å². The summed E-state index contributed by atoms with van der Waals surface area (Å²) in [6, 6.07) is 3.51. The predicted molar refractivity (Wildman–Crippen MR) is 63.3 cm³/mol. The topological polar surface area (TPSA) is 78.9 Å². The lowest BCUT2D eigenvalue weighted by Crippen LogP contribution is -1.95. The maximum Gasteiger partial charge on any atom is 0.353 e. The Bertz CT molecular complexity index is 459. The molecule has 0 bridgehead atoms. The van der Waals surface area contributed by atoms with Gasteiger partial charge in [0, 0.05) is 18.0 Å². The lowest BCUT2D eigenvalue weighted by molar-refractivity contribution is 0.0691. The van der Waals surface area contributed by atoms with Crippen LogP contribution in [0, 0.1) is 0 Å². The maximum absolute atomic E-state index is 10.6. The Morgan fingerprint density at radius 2 is 1.88 bits per heavy atom. The first kappa shape index (κ1) is 14.4. The molecular weight excluding hydrogens is 253 g/mol. The molecule has 0 aliphatic rings. The lowest BCUT2D eigenvalue weighted by atomic mass is 10.2. The van der Waals surface area contributed by atoms with Crippen LogP contribution in [0.2, 0.25) is 0 Å². The number of carboxylic acid groups (broad SMARTS) is 1. The predicted octanol–water partition coefficient (Wildman–Crippen LogP) is 2.01. The standard InChI is InChI=1S/C9H7N3O2.2ClH/c13-9(14)7-5-11-8(12-7)6-1-3-10-4-2-6;;/h1-5H,(H,11,12)(H,13,14);2*1H. The number of hydrogen-bond donors (Lipinski definition) is 2. The van der Waals surface area contributed by atoms with Gasteiger partial charge in [-0.2, -0.15) is 0 Å². The van der Waals surface area contributed by atoms with E-state index in [1.807, 2.05) is 0 Å². The van der Waals surface area contributed by atoms with Gasteiger partial charge in [-0.1, -0.05) is 0 Å². The Morgan fingerprint density at radius 1 is 1.25 bits per heavy atom. The van der Waals surface area contributed by atoms with Crippen LogP contribution in [0.1, 0.15) is 10.5 Å². The Hall–Kier alpha value is -1.59. The molecule has 2 heterocycles. The third-order valence-corrected chi connectivity index (χ3v) is 1.76. The van der Waals surface area contributed by atoms with Crippen molar-refractivity contribution in [3.05, 3.63) is 36.4 Å². The number of H-pyrrole nitrogens is 1. The Labute approximate surface area is 104 Å². The molecule has 0 radical (unpaired) electrons. The van der Waals surface area contributed by atoms with Gasteiger partial charge in [-0.15, -0.1) is 24.8 Å².